The first-order valence-electron chi connectivity index (χ1n) is 11.7. The fourth-order valence-corrected chi connectivity index (χ4v) is 2.41. The third-order valence-electron chi connectivity index (χ3n) is 4.03. The Bertz CT molecular complexity index is 565. The minimum atomic E-state index is 0.312. The van der Waals surface area contributed by atoms with E-state index in [0.29, 0.717) is 112 Å². The summed E-state index contributed by atoms with van der Waals surface area (Å²) in [6.45, 7) is 8.64. The molecule has 0 fully saturated rings. The van der Waals surface area contributed by atoms with Crippen LogP contribution in [-0.4, -0.2) is 112 Å². The van der Waals surface area contributed by atoms with Gasteiger partial charge in [-0.05, 0) is 12.1 Å². The first-order chi connectivity index (χ1) is 16.9. The highest BCUT2D eigenvalue weighted by molar-refractivity contribution is 5.20. The second-order valence-corrected chi connectivity index (χ2v) is 6.70. The number of rotatable bonds is 26. The van der Waals surface area contributed by atoms with Crippen LogP contribution in [0.5, 0.6) is 5.75 Å². The highest BCUT2D eigenvalue weighted by Crippen LogP contribution is 2.07. The van der Waals surface area contributed by atoms with Crippen molar-refractivity contribution in [1.82, 2.24) is 0 Å². The third-order valence-corrected chi connectivity index (χ3v) is 4.03. The van der Waals surface area contributed by atoms with Crippen LogP contribution >= 0.6 is 0 Å². The van der Waals surface area contributed by atoms with Crippen molar-refractivity contribution in [3.05, 3.63) is 30.3 Å². The van der Waals surface area contributed by atoms with Gasteiger partial charge in [-0.15, -0.1) is 6.42 Å². The van der Waals surface area contributed by atoms with E-state index in [-0.39, 0.29) is 0 Å². The lowest BCUT2D eigenvalue weighted by Crippen LogP contribution is -2.15. The van der Waals surface area contributed by atoms with Gasteiger partial charge < -0.3 is 42.6 Å². The SMILES string of the molecule is C#CCOCCOCCOCCOCCOCCOCCOCCOCCOc1ccccc1. The smallest absolute Gasteiger partial charge is 0.119 e. The second kappa shape index (κ2) is 25.9. The summed E-state index contributed by atoms with van der Waals surface area (Å²) in [7, 11) is 0. The fraction of sp³-hybridized carbons (Fsp3) is 0.680. The average Bonchev–Trinajstić information content (AvgIpc) is 2.87. The van der Waals surface area contributed by atoms with Gasteiger partial charge in [-0.25, -0.2) is 0 Å². The molecule has 9 heteroatoms. The van der Waals surface area contributed by atoms with E-state index < -0.39 is 0 Å². The predicted octanol–water partition coefficient (Wildman–Crippen LogP) is 1.83. The van der Waals surface area contributed by atoms with Crippen LogP contribution in [0.2, 0.25) is 0 Å². The Balaban J connectivity index is 1.64. The molecule has 0 amide bonds. The van der Waals surface area contributed by atoms with Crippen LogP contribution in [0.15, 0.2) is 30.3 Å². The van der Waals surface area contributed by atoms with E-state index in [1.54, 1.807) is 0 Å². The summed E-state index contributed by atoms with van der Waals surface area (Å²) in [5, 5.41) is 0. The molecule has 0 atom stereocenters. The molecule has 0 saturated carbocycles. The average molecular weight is 485 g/mol. The molecule has 34 heavy (non-hydrogen) atoms. The highest BCUT2D eigenvalue weighted by atomic mass is 16.6. The summed E-state index contributed by atoms with van der Waals surface area (Å²) in [4.78, 5) is 0. The molecule has 194 valence electrons. The Labute approximate surface area is 203 Å². The van der Waals surface area contributed by atoms with E-state index in [2.05, 4.69) is 5.92 Å². The largest absolute Gasteiger partial charge is 0.491 e. The highest BCUT2D eigenvalue weighted by Gasteiger charge is 1.96. The van der Waals surface area contributed by atoms with Crippen molar-refractivity contribution in [2.24, 2.45) is 0 Å². The predicted molar refractivity (Wildman–Crippen MR) is 127 cm³/mol. The minimum absolute atomic E-state index is 0.312. The molecular formula is C25H40O9. The van der Waals surface area contributed by atoms with Gasteiger partial charge in [0.2, 0.25) is 0 Å². The van der Waals surface area contributed by atoms with E-state index in [1.807, 2.05) is 30.3 Å². The maximum atomic E-state index is 5.54. The maximum absolute atomic E-state index is 5.54. The Morgan fingerprint density at radius 1 is 0.441 bits per heavy atom. The Morgan fingerprint density at radius 3 is 1.12 bits per heavy atom. The van der Waals surface area contributed by atoms with Crippen LogP contribution in [0.25, 0.3) is 0 Å². The van der Waals surface area contributed by atoms with Gasteiger partial charge in [-0.2, -0.15) is 0 Å². The molecule has 0 unspecified atom stereocenters. The topological polar surface area (TPSA) is 83.1 Å². The molecule has 1 aromatic rings. The van der Waals surface area contributed by atoms with Crippen molar-refractivity contribution >= 4 is 0 Å². The van der Waals surface area contributed by atoms with Crippen molar-refractivity contribution in [3.63, 3.8) is 0 Å². The number of benzene rings is 1. The molecule has 0 aromatic heterocycles. The zero-order valence-electron chi connectivity index (χ0n) is 20.2. The van der Waals surface area contributed by atoms with E-state index in [4.69, 9.17) is 49.1 Å². The number of hydrogen-bond donors (Lipinski definition) is 0. The van der Waals surface area contributed by atoms with E-state index in [9.17, 15) is 0 Å². The number of hydrogen-bond acceptors (Lipinski definition) is 9. The minimum Gasteiger partial charge on any atom is -0.491 e. The Kier molecular flexibility index (Phi) is 23.1. The van der Waals surface area contributed by atoms with Gasteiger partial charge in [0.25, 0.3) is 0 Å². The summed E-state index contributed by atoms with van der Waals surface area (Å²) in [6.07, 6.45) is 5.07. The van der Waals surface area contributed by atoms with Crippen molar-refractivity contribution in [3.8, 4) is 18.1 Å². The summed E-state index contributed by atoms with van der Waals surface area (Å²) in [5.41, 5.74) is 0. The summed E-state index contributed by atoms with van der Waals surface area (Å²) >= 11 is 0. The third kappa shape index (κ3) is 22.1. The molecule has 0 saturated heterocycles. The van der Waals surface area contributed by atoms with Gasteiger partial charge in [0.05, 0.1) is 99.1 Å². The standard InChI is InChI=1S/C25H40O9/c1-2-8-26-9-10-27-11-12-28-13-14-29-15-16-30-17-18-31-19-20-32-21-22-33-23-24-34-25-6-4-3-5-7-25/h1,3-7H,8-24H2. The molecule has 0 radical (unpaired) electrons. The molecule has 0 aliphatic carbocycles. The molecule has 0 N–H and O–H groups in total. The van der Waals surface area contributed by atoms with Crippen LogP contribution in [0.3, 0.4) is 0 Å². The van der Waals surface area contributed by atoms with Gasteiger partial charge >= 0.3 is 0 Å². The van der Waals surface area contributed by atoms with Crippen LogP contribution in [0.4, 0.5) is 0 Å². The molecule has 0 spiro atoms. The molecular weight excluding hydrogens is 444 g/mol. The van der Waals surface area contributed by atoms with E-state index in [0.717, 1.165) is 5.75 Å². The van der Waals surface area contributed by atoms with Crippen molar-refractivity contribution in [2.45, 2.75) is 0 Å². The van der Waals surface area contributed by atoms with Gasteiger partial charge in [-0.1, -0.05) is 24.1 Å². The monoisotopic (exact) mass is 484 g/mol. The fourth-order valence-electron chi connectivity index (χ4n) is 2.41. The molecule has 0 aliphatic rings. The molecule has 0 heterocycles. The normalized spacial score (nSPS) is 10.9. The van der Waals surface area contributed by atoms with Gasteiger partial charge in [0.15, 0.2) is 0 Å². The van der Waals surface area contributed by atoms with Crippen molar-refractivity contribution in [1.29, 1.82) is 0 Å². The van der Waals surface area contributed by atoms with Crippen LogP contribution < -0.4 is 4.74 Å². The first kappa shape index (κ1) is 30.3. The summed E-state index contributed by atoms with van der Waals surface area (Å²) in [5.74, 6) is 3.24. The molecule has 9 nitrogen and oxygen atoms in total. The van der Waals surface area contributed by atoms with Crippen LogP contribution in [0, 0.1) is 12.3 Å². The summed E-state index contributed by atoms with van der Waals surface area (Å²) < 4.78 is 48.6. The Hall–Kier alpha value is -1.74. The first-order valence-corrected chi connectivity index (χ1v) is 11.7. The van der Waals surface area contributed by atoms with Crippen molar-refractivity contribution < 1.29 is 42.6 Å². The summed E-state index contributed by atoms with van der Waals surface area (Å²) in [6, 6.07) is 9.67. The number of para-hydroxylation sites is 1. The molecule has 0 bridgehead atoms. The lowest BCUT2D eigenvalue weighted by Gasteiger charge is -2.09. The van der Waals surface area contributed by atoms with E-state index >= 15 is 0 Å². The van der Waals surface area contributed by atoms with Gasteiger partial charge in [0, 0.05) is 0 Å². The van der Waals surface area contributed by atoms with E-state index in [1.165, 1.54) is 0 Å². The van der Waals surface area contributed by atoms with Crippen LogP contribution in [-0.2, 0) is 37.9 Å². The Morgan fingerprint density at radius 2 is 0.765 bits per heavy atom. The number of terminal acetylenes is 1. The quantitative estimate of drug-likeness (QED) is 0.144. The maximum Gasteiger partial charge on any atom is 0.119 e. The molecule has 1 rings (SSSR count). The molecule has 0 aliphatic heterocycles. The second-order valence-electron chi connectivity index (χ2n) is 6.70. The molecule has 1 aromatic carbocycles. The van der Waals surface area contributed by atoms with Crippen molar-refractivity contribution in [2.75, 3.05) is 112 Å². The van der Waals surface area contributed by atoms with Gasteiger partial charge in [-0.3, -0.25) is 0 Å². The zero-order valence-corrected chi connectivity index (χ0v) is 20.2. The lowest BCUT2D eigenvalue weighted by molar-refractivity contribution is -0.0230. The van der Waals surface area contributed by atoms with Crippen LogP contribution in [0.1, 0.15) is 0 Å². The van der Waals surface area contributed by atoms with Gasteiger partial charge in [0.1, 0.15) is 19.0 Å². The lowest BCUT2D eigenvalue weighted by atomic mass is 10.3. The zero-order chi connectivity index (χ0) is 24.2. The number of ether oxygens (including phenoxy) is 9.